The van der Waals surface area contributed by atoms with Gasteiger partial charge in [0.05, 0.1) is 5.69 Å². The average molecular weight is 185 g/mol. The Hall–Kier alpha value is -0.480. The van der Waals surface area contributed by atoms with Crippen LogP contribution in [0.5, 0.6) is 0 Å². The Balaban J connectivity index is 0. The van der Waals surface area contributed by atoms with Crippen LogP contribution >= 0.6 is 24.8 Å². The maximum absolute atomic E-state index is 5.35. The van der Waals surface area contributed by atoms with Gasteiger partial charge in [-0.3, -0.25) is 4.68 Å². The number of anilines is 1. The minimum atomic E-state index is 0. The molecule has 0 spiro atoms. The molecule has 1 rings (SSSR count). The molecule has 0 unspecified atom stereocenters. The largest absolute Gasteiger partial charge is 0.381 e. The second-order valence-corrected chi connectivity index (χ2v) is 1.68. The van der Waals surface area contributed by atoms with Gasteiger partial charge < -0.3 is 5.73 Å². The van der Waals surface area contributed by atoms with E-state index in [9.17, 15) is 0 Å². The van der Waals surface area contributed by atoms with Crippen LogP contribution in [0.1, 0.15) is 5.69 Å². The van der Waals surface area contributed by atoms with Crippen LogP contribution in [0.3, 0.4) is 0 Å². The quantitative estimate of drug-likeness (QED) is 0.642. The third-order valence-corrected chi connectivity index (χ3v) is 1.14. The second kappa shape index (κ2) is 4.35. The average Bonchev–Trinajstić information content (AvgIpc) is 1.98. The standard InChI is InChI=1S/C4H8N4.2ClH/c1-3-4(5)6-7-8(3)2;;/h5H2,1-2H3;2*1H. The number of hydrogen-bond acceptors (Lipinski definition) is 3. The van der Waals surface area contributed by atoms with Gasteiger partial charge >= 0.3 is 0 Å². The van der Waals surface area contributed by atoms with E-state index in [0.717, 1.165) is 5.69 Å². The topological polar surface area (TPSA) is 56.7 Å². The lowest BCUT2D eigenvalue weighted by molar-refractivity contribution is 0.696. The molecule has 0 atom stereocenters. The van der Waals surface area contributed by atoms with E-state index in [1.807, 2.05) is 6.92 Å². The Kier molecular flexibility index (Phi) is 5.32. The third kappa shape index (κ3) is 2.04. The van der Waals surface area contributed by atoms with Crippen molar-refractivity contribution < 1.29 is 0 Å². The van der Waals surface area contributed by atoms with Gasteiger partial charge in [-0.05, 0) is 6.92 Å². The molecule has 6 heteroatoms. The zero-order valence-electron chi connectivity index (χ0n) is 5.74. The van der Waals surface area contributed by atoms with Gasteiger partial charge in [-0.2, -0.15) is 0 Å². The molecule has 2 N–H and O–H groups in total. The fourth-order valence-corrected chi connectivity index (χ4v) is 0.420. The summed E-state index contributed by atoms with van der Waals surface area (Å²) in [5.74, 6) is 0.507. The van der Waals surface area contributed by atoms with Crippen LogP contribution in [-0.2, 0) is 7.05 Å². The highest BCUT2D eigenvalue weighted by Crippen LogP contribution is 2.00. The summed E-state index contributed by atoms with van der Waals surface area (Å²) < 4.78 is 1.63. The zero-order chi connectivity index (χ0) is 6.15. The summed E-state index contributed by atoms with van der Waals surface area (Å²) in [4.78, 5) is 0. The van der Waals surface area contributed by atoms with Crippen molar-refractivity contribution in [3.05, 3.63) is 5.69 Å². The molecule has 1 heterocycles. The predicted molar refractivity (Wildman–Crippen MR) is 44.6 cm³/mol. The molecule has 1 aromatic heterocycles. The number of nitrogens with two attached hydrogens (primary N) is 1. The molecule has 0 aliphatic rings. The first-order valence-electron chi connectivity index (χ1n) is 2.33. The number of nitrogens with zero attached hydrogens (tertiary/aromatic N) is 3. The molecular weight excluding hydrogens is 175 g/mol. The van der Waals surface area contributed by atoms with Crippen LogP contribution in [0.2, 0.25) is 0 Å². The molecule has 0 saturated carbocycles. The van der Waals surface area contributed by atoms with Gasteiger partial charge in [0.25, 0.3) is 0 Å². The van der Waals surface area contributed by atoms with Crippen molar-refractivity contribution in [3.63, 3.8) is 0 Å². The first kappa shape index (κ1) is 12.2. The van der Waals surface area contributed by atoms with E-state index in [1.165, 1.54) is 0 Å². The lowest BCUT2D eigenvalue weighted by atomic mass is 10.5. The molecule has 0 saturated heterocycles. The summed E-state index contributed by atoms with van der Waals surface area (Å²) in [7, 11) is 1.80. The fourth-order valence-electron chi connectivity index (χ4n) is 0.420. The Labute approximate surface area is 71.6 Å². The second-order valence-electron chi connectivity index (χ2n) is 1.68. The van der Waals surface area contributed by atoms with E-state index in [2.05, 4.69) is 10.3 Å². The number of aromatic nitrogens is 3. The van der Waals surface area contributed by atoms with E-state index >= 15 is 0 Å². The van der Waals surface area contributed by atoms with Crippen molar-refractivity contribution in [2.24, 2.45) is 7.05 Å². The Morgan fingerprint density at radius 1 is 1.40 bits per heavy atom. The van der Waals surface area contributed by atoms with Gasteiger partial charge in [0, 0.05) is 7.05 Å². The first-order chi connectivity index (χ1) is 3.72. The number of rotatable bonds is 0. The van der Waals surface area contributed by atoms with Crippen molar-refractivity contribution in [2.75, 3.05) is 5.73 Å². The highest BCUT2D eigenvalue weighted by Gasteiger charge is 1.96. The maximum atomic E-state index is 5.35. The van der Waals surface area contributed by atoms with Gasteiger partial charge in [0.2, 0.25) is 0 Å². The summed E-state index contributed by atoms with van der Waals surface area (Å²) in [6.07, 6.45) is 0. The molecule has 0 aliphatic heterocycles. The van der Waals surface area contributed by atoms with Crippen LogP contribution in [-0.4, -0.2) is 15.0 Å². The minimum absolute atomic E-state index is 0. The van der Waals surface area contributed by atoms with E-state index in [0.29, 0.717) is 5.82 Å². The Morgan fingerprint density at radius 3 is 2.00 bits per heavy atom. The minimum Gasteiger partial charge on any atom is -0.381 e. The van der Waals surface area contributed by atoms with Crippen molar-refractivity contribution >= 4 is 30.6 Å². The summed E-state index contributed by atoms with van der Waals surface area (Å²) in [6.45, 7) is 1.87. The molecule has 0 aliphatic carbocycles. The smallest absolute Gasteiger partial charge is 0.168 e. The molecule has 10 heavy (non-hydrogen) atoms. The molecular formula is C4H10Cl2N4. The monoisotopic (exact) mass is 184 g/mol. The zero-order valence-corrected chi connectivity index (χ0v) is 7.37. The van der Waals surface area contributed by atoms with E-state index in [1.54, 1.807) is 11.7 Å². The van der Waals surface area contributed by atoms with E-state index < -0.39 is 0 Å². The first-order valence-corrected chi connectivity index (χ1v) is 2.33. The van der Waals surface area contributed by atoms with Crippen molar-refractivity contribution in [2.45, 2.75) is 6.92 Å². The van der Waals surface area contributed by atoms with Crippen LogP contribution < -0.4 is 5.73 Å². The van der Waals surface area contributed by atoms with Crippen LogP contribution in [0, 0.1) is 6.92 Å². The fraction of sp³-hybridized carbons (Fsp3) is 0.500. The van der Waals surface area contributed by atoms with Gasteiger partial charge in [-0.15, -0.1) is 29.9 Å². The van der Waals surface area contributed by atoms with Crippen molar-refractivity contribution in [1.82, 2.24) is 15.0 Å². The molecule has 1 aromatic rings. The number of halogens is 2. The van der Waals surface area contributed by atoms with Gasteiger partial charge in [-0.1, -0.05) is 5.21 Å². The van der Waals surface area contributed by atoms with Gasteiger partial charge in [0.1, 0.15) is 0 Å². The lowest BCUT2D eigenvalue weighted by Crippen LogP contribution is -1.93. The molecule has 4 nitrogen and oxygen atoms in total. The summed E-state index contributed by atoms with van der Waals surface area (Å²) in [6, 6.07) is 0. The predicted octanol–water partition coefficient (Wildman–Crippen LogP) is 0.549. The third-order valence-electron chi connectivity index (χ3n) is 1.14. The number of nitrogen functional groups attached to an aromatic ring is 1. The summed E-state index contributed by atoms with van der Waals surface area (Å²) in [5.41, 5.74) is 6.25. The van der Waals surface area contributed by atoms with Gasteiger partial charge in [0.15, 0.2) is 5.82 Å². The van der Waals surface area contributed by atoms with Crippen LogP contribution in [0.25, 0.3) is 0 Å². The van der Waals surface area contributed by atoms with Crippen LogP contribution in [0.4, 0.5) is 5.82 Å². The van der Waals surface area contributed by atoms with Crippen molar-refractivity contribution in [3.8, 4) is 0 Å². The molecule has 0 fully saturated rings. The molecule has 0 aromatic carbocycles. The van der Waals surface area contributed by atoms with E-state index in [4.69, 9.17) is 5.73 Å². The Morgan fingerprint density at radius 2 is 1.90 bits per heavy atom. The molecule has 0 amide bonds. The maximum Gasteiger partial charge on any atom is 0.168 e. The Bertz CT molecular complexity index is 178. The van der Waals surface area contributed by atoms with Gasteiger partial charge in [-0.25, -0.2) is 0 Å². The molecule has 0 bridgehead atoms. The number of aryl methyl sites for hydroxylation is 1. The molecule has 60 valence electrons. The van der Waals surface area contributed by atoms with Crippen molar-refractivity contribution in [1.29, 1.82) is 0 Å². The van der Waals surface area contributed by atoms with E-state index in [-0.39, 0.29) is 24.8 Å². The summed E-state index contributed by atoms with van der Waals surface area (Å²) in [5, 5.41) is 7.26. The number of hydrogen-bond donors (Lipinski definition) is 1. The SMILES string of the molecule is Cc1c(N)nnn1C.Cl.Cl. The highest BCUT2D eigenvalue weighted by molar-refractivity contribution is 5.85. The highest BCUT2D eigenvalue weighted by atomic mass is 35.5. The molecule has 0 radical (unpaired) electrons. The lowest BCUT2D eigenvalue weighted by Gasteiger charge is -1.87. The normalized spacial score (nSPS) is 7.80. The summed E-state index contributed by atoms with van der Waals surface area (Å²) >= 11 is 0. The van der Waals surface area contributed by atoms with Crippen LogP contribution in [0.15, 0.2) is 0 Å².